The maximum atomic E-state index is 12.9. The van der Waals surface area contributed by atoms with Crippen LogP contribution in [0.2, 0.25) is 0 Å². The number of hydrogen-bond acceptors (Lipinski definition) is 6. The van der Waals surface area contributed by atoms with E-state index in [1.807, 2.05) is 25.1 Å². The fourth-order valence-corrected chi connectivity index (χ4v) is 3.29. The lowest BCUT2D eigenvalue weighted by molar-refractivity contribution is 0.0948. The summed E-state index contributed by atoms with van der Waals surface area (Å²) >= 11 is 0. The largest absolute Gasteiger partial charge is 0.497 e. The monoisotopic (exact) mass is 442 g/mol. The second-order valence-electron chi connectivity index (χ2n) is 7.46. The molecule has 0 aliphatic rings. The third-order valence-electron chi connectivity index (χ3n) is 5.20. The standard InChI is InChI=1S/C24H34N4O4/c1-7-28(8-2)12-11-25-24(30)21-15-18(9-10-22(21)27(3)4)26-23(29)17-13-19(31-5)16-20(14-17)32-6/h9-10,13-16H,7-8,11-12H2,1-6H3,(H,25,30)(H,26,29). The van der Waals surface area contributed by atoms with Gasteiger partial charge in [0.2, 0.25) is 0 Å². The molecule has 0 heterocycles. The molecule has 0 fully saturated rings. The van der Waals surface area contributed by atoms with Crippen LogP contribution in [0.5, 0.6) is 11.5 Å². The van der Waals surface area contributed by atoms with Crippen LogP contribution in [0.1, 0.15) is 34.6 Å². The predicted molar refractivity (Wildman–Crippen MR) is 128 cm³/mol. The van der Waals surface area contributed by atoms with Crippen molar-refractivity contribution in [2.75, 3.05) is 64.7 Å². The van der Waals surface area contributed by atoms with Gasteiger partial charge >= 0.3 is 0 Å². The first-order valence-corrected chi connectivity index (χ1v) is 10.7. The Bertz CT molecular complexity index is 904. The van der Waals surface area contributed by atoms with E-state index in [2.05, 4.69) is 29.4 Å². The highest BCUT2D eigenvalue weighted by atomic mass is 16.5. The van der Waals surface area contributed by atoms with Crippen molar-refractivity contribution in [1.82, 2.24) is 10.2 Å². The van der Waals surface area contributed by atoms with Crippen LogP contribution in [0.3, 0.4) is 0 Å². The van der Waals surface area contributed by atoms with E-state index in [-0.39, 0.29) is 11.8 Å². The molecule has 0 unspecified atom stereocenters. The highest BCUT2D eigenvalue weighted by molar-refractivity contribution is 6.06. The van der Waals surface area contributed by atoms with Gasteiger partial charge in [-0.2, -0.15) is 0 Å². The summed E-state index contributed by atoms with van der Waals surface area (Å²) in [6.45, 7) is 7.40. The number of nitrogens with one attached hydrogen (secondary N) is 2. The van der Waals surface area contributed by atoms with Crippen LogP contribution < -0.4 is 25.0 Å². The molecule has 0 radical (unpaired) electrons. The predicted octanol–water partition coefficient (Wildman–Crippen LogP) is 3.09. The Morgan fingerprint density at radius 3 is 2.06 bits per heavy atom. The molecule has 0 saturated carbocycles. The molecule has 2 rings (SSSR count). The van der Waals surface area contributed by atoms with Crippen molar-refractivity contribution in [3.05, 3.63) is 47.5 Å². The topological polar surface area (TPSA) is 83.1 Å². The summed E-state index contributed by atoms with van der Waals surface area (Å²) in [5.74, 6) is 0.532. The van der Waals surface area contributed by atoms with Crippen molar-refractivity contribution in [2.45, 2.75) is 13.8 Å². The Balaban J connectivity index is 2.21. The number of benzene rings is 2. The van der Waals surface area contributed by atoms with Crippen molar-refractivity contribution < 1.29 is 19.1 Å². The fraction of sp³-hybridized carbons (Fsp3) is 0.417. The van der Waals surface area contributed by atoms with E-state index in [0.29, 0.717) is 34.9 Å². The summed E-state index contributed by atoms with van der Waals surface area (Å²) in [7, 11) is 6.81. The summed E-state index contributed by atoms with van der Waals surface area (Å²) in [6, 6.07) is 10.2. The Hall–Kier alpha value is -3.26. The quantitative estimate of drug-likeness (QED) is 0.557. The van der Waals surface area contributed by atoms with E-state index >= 15 is 0 Å². The van der Waals surface area contributed by atoms with Gasteiger partial charge in [0.15, 0.2) is 0 Å². The van der Waals surface area contributed by atoms with Crippen molar-refractivity contribution in [3.8, 4) is 11.5 Å². The lowest BCUT2D eigenvalue weighted by Crippen LogP contribution is -2.35. The number of carbonyl (C=O) groups excluding carboxylic acids is 2. The van der Waals surface area contributed by atoms with Crippen LogP contribution in [0.15, 0.2) is 36.4 Å². The molecule has 0 aliphatic carbocycles. The molecule has 8 nitrogen and oxygen atoms in total. The van der Waals surface area contributed by atoms with E-state index < -0.39 is 0 Å². The van der Waals surface area contributed by atoms with Gasteiger partial charge in [-0.1, -0.05) is 13.8 Å². The zero-order valence-electron chi connectivity index (χ0n) is 19.8. The third kappa shape index (κ3) is 6.62. The number of likely N-dealkylation sites (N-methyl/N-ethyl adjacent to an activating group) is 1. The number of rotatable bonds is 11. The average molecular weight is 443 g/mol. The van der Waals surface area contributed by atoms with Gasteiger partial charge in [-0.3, -0.25) is 9.59 Å². The third-order valence-corrected chi connectivity index (χ3v) is 5.20. The molecule has 8 heteroatoms. The molecule has 174 valence electrons. The van der Waals surface area contributed by atoms with Crippen LogP contribution in [0.25, 0.3) is 0 Å². The normalized spacial score (nSPS) is 10.6. The second kappa shape index (κ2) is 12.0. The molecule has 0 atom stereocenters. The lowest BCUT2D eigenvalue weighted by Gasteiger charge is -2.20. The van der Waals surface area contributed by atoms with Crippen LogP contribution >= 0.6 is 0 Å². The smallest absolute Gasteiger partial charge is 0.255 e. The molecular weight excluding hydrogens is 408 g/mol. The molecule has 2 N–H and O–H groups in total. The van der Waals surface area contributed by atoms with Gasteiger partial charge in [0.25, 0.3) is 11.8 Å². The van der Waals surface area contributed by atoms with E-state index in [1.165, 1.54) is 14.2 Å². The summed E-state index contributed by atoms with van der Waals surface area (Å²) in [5, 5.41) is 5.84. The minimum atomic E-state index is -0.326. The Labute approximate surface area is 190 Å². The molecule has 2 aromatic carbocycles. The minimum Gasteiger partial charge on any atom is -0.497 e. The molecule has 2 aromatic rings. The summed E-state index contributed by atoms with van der Waals surface area (Å²) in [4.78, 5) is 29.8. The van der Waals surface area contributed by atoms with Gasteiger partial charge in [-0.05, 0) is 43.4 Å². The van der Waals surface area contributed by atoms with Crippen LogP contribution in [0, 0.1) is 0 Å². The zero-order chi connectivity index (χ0) is 23.7. The average Bonchev–Trinajstić information content (AvgIpc) is 2.81. The van der Waals surface area contributed by atoms with E-state index in [1.54, 1.807) is 30.3 Å². The van der Waals surface area contributed by atoms with Crippen molar-refractivity contribution in [3.63, 3.8) is 0 Å². The SMILES string of the molecule is CCN(CC)CCNC(=O)c1cc(NC(=O)c2cc(OC)cc(OC)c2)ccc1N(C)C. The number of nitrogens with zero attached hydrogens (tertiary/aromatic N) is 2. The van der Waals surface area contributed by atoms with Crippen LogP contribution in [-0.4, -0.2) is 71.2 Å². The lowest BCUT2D eigenvalue weighted by atomic mass is 10.1. The highest BCUT2D eigenvalue weighted by Gasteiger charge is 2.16. The number of hydrogen-bond donors (Lipinski definition) is 2. The van der Waals surface area contributed by atoms with Crippen LogP contribution in [-0.2, 0) is 0 Å². The Kier molecular flexibility index (Phi) is 9.34. The van der Waals surface area contributed by atoms with Crippen molar-refractivity contribution in [2.24, 2.45) is 0 Å². The molecule has 0 spiro atoms. The molecule has 2 amide bonds. The second-order valence-corrected chi connectivity index (χ2v) is 7.46. The first-order valence-electron chi connectivity index (χ1n) is 10.7. The minimum absolute atomic E-state index is 0.181. The number of anilines is 2. The molecule has 32 heavy (non-hydrogen) atoms. The first kappa shape index (κ1) is 25.0. The molecule has 0 bridgehead atoms. The zero-order valence-corrected chi connectivity index (χ0v) is 19.8. The van der Waals surface area contributed by atoms with Crippen LogP contribution in [0.4, 0.5) is 11.4 Å². The van der Waals surface area contributed by atoms with Crippen molar-refractivity contribution >= 4 is 23.2 Å². The van der Waals surface area contributed by atoms with Gasteiger partial charge in [-0.15, -0.1) is 0 Å². The van der Waals surface area contributed by atoms with E-state index in [0.717, 1.165) is 25.3 Å². The van der Waals surface area contributed by atoms with Gasteiger partial charge in [0.1, 0.15) is 11.5 Å². The molecular formula is C24H34N4O4. The number of methoxy groups -OCH3 is 2. The number of amides is 2. The Morgan fingerprint density at radius 1 is 0.906 bits per heavy atom. The van der Waals surface area contributed by atoms with Gasteiger partial charge in [0, 0.05) is 50.2 Å². The van der Waals surface area contributed by atoms with E-state index in [4.69, 9.17) is 9.47 Å². The maximum Gasteiger partial charge on any atom is 0.255 e. The Morgan fingerprint density at radius 2 is 1.53 bits per heavy atom. The molecule has 0 aliphatic heterocycles. The fourth-order valence-electron chi connectivity index (χ4n) is 3.29. The first-order chi connectivity index (χ1) is 15.3. The summed E-state index contributed by atoms with van der Waals surface area (Å²) in [6.07, 6.45) is 0. The number of carbonyl (C=O) groups is 2. The number of ether oxygens (including phenoxy) is 2. The van der Waals surface area contributed by atoms with Gasteiger partial charge < -0.3 is 29.9 Å². The van der Waals surface area contributed by atoms with Gasteiger partial charge in [-0.25, -0.2) is 0 Å². The maximum absolute atomic E-state index is 12.9. The molecule has 0 saturated heterocycles. The summed E-state index contributed by atoms with van der Waals surface area (Å²) < 4.78 is 10.5. The highest BCUT2D eigenvalue weighted by Crippen LogP contribution is 2.25. The van der Waals surface area contributed by atoms with Crippen molar-refractivity contribution in [1.29, 1.82) is 0 Å². The van der Waals surface area contributed by atoms with Gasteiger partial charge in [0.05, 0.1) is 19.8 Å². The van der Waals surface area contributed by atoms with E-state index in [9.17, 15) is 9.59 Å². The summed E-state index contributed by atoms with van der Waals surface area (Å²) in [5.41, 5.74) is 2.18. The molecule has 0 aromatic heterocycles.